The molecule has 4 aliphatic rings. The summed E-state index contributed by atoms with van der Waals surface area (Å²) in [4.78, 5) is 39.1. The van der Waals surface area contributed by atoms with E-state index in [1.165, 1.54) is 19.1 Å². The molecule has 0 radical (unpaired) electrons. The highest BCUT2D eigenvalue weighted by Gasteiger charge is 2.58. The Morgan fingerprint density at radius 3 is 2.40 bits per heavy atom. The van der Waals surface area contributed by atoms with Gasteiger partial charge < -0.3 is 50.0 Å². The number of benzene rings is 1. The first-order chi connectivity index (χ1) is 20.3. The number of carbonyl (C=O) groups is 2. The minimum absolute atomic E-state index is 0.00231. The topological polar surface area (TPSA) is 221 Å². The van der Waals surface area contributed by atoms with Gasteiger partial charge in [0.05, 0.1) is 24.7 Å². The van der Waals surface area contributed by atoms with Crippen LogP contribution in [0.3, 0.4) is 0 Å². The fraction of sp³-hybridized carbons (Fsp3) is 0.500. The van der Waals surface area contributed by atoms with Crippen LogP contribution in [0, 0.1) is 5.41 Å². The summed E-state index contributed by atoms with van der Waals surface area (Å²) in [5.41, 5.74) is -2.09. The molecule has 230 valence electrons. The van der Waals surface area contributed by atoms with Crippen molar-refractivity contribution in [3.8, 4) is 5.75 Å². The molecule has 2 heterocycles. The number of cyclic esters (lactones) is 2. The summed E-state index contributed by atoms with van der Waals surface area (Å²) in [5, 5.41) is 72.7. The van der Waals surface area contributed by atoms with E-state index in [1.807, 2.05) is 0 Å². The molecule has 2 aliphatic heterocycles. The van der Waals surface area contributed by atoms with E-state index < -0.39 is 77.7 Å². The number of hydrogen-bond acceptors (Lipinski definition) is 13. The van der Waals surface area contributed by atoms with Gasteiger partial charge in [-0.3, -0.25) is 14.4 Å². The first-order valence-electron chi connectivity index (χ1n) is 13.9. The summed E-state index contributed by atoms with van der Waals surface area (Å²) in [6.07, 6.45) is -7.36. The van der Waals surface area contributed by atoms with Gasteiger partial charge in [0, 0.05) is 11.3 Å². The highest BCUT2D eigenvalue weighted by molar-refractivity contribution is 6.14. The fourth-order valence-electron chi connectivity index (χ4n) is 6.71. The fourth-order valence-corrected chi connectivity index (χ4v) is 6.71. The van der Waals surface area contributed by atoms with Gasteiger partial charge in [0.25, 0.3) is 0 Å². The van der Waals surface area contributed by atoms with Crippen molar-refractivity contribution in [3.63, 3.8) is 0 Å². The third-order valence-electron chi connectivity index (χ3n) is 9.32. The largest absolute Gasteiger partial charge is 0.507 e. The molecule has 13 nitrogen and oxygen atoms in total. The average molecular weight is 601 g/mol. The first kappa shape index (κ1) is 29.8. The van der Waals surface area contributed by atoms with Gasteiger partial charge in [0.1, 0.15) is 35.8 Å². The predicted octanol–water partition coefficient (Wildman–Crippen LogP) is -1.28. The number of hydrogen-bond donors (Lipinski definition) is 7. The molecule has 0 amide bonds. The van der Waals surface area contributed by atoms with Gasteiger partial charge in [0.2, 0.25) is 0 Å². The number of carbonyl (C=O) groups excluding carboxylic acids is 2. The van der Waals surface area contributed by atoms with Crippen molar-refractivity contribution in [2.24, 2.45) is 5.41 Å². The molecular formula is C30H32O13. The number of fused-ring (bicyclic) bond motifs is 3. The number of phenolic OH excluding ortho intramolecular Hbond substituents is 1. The standard InChI is InChI=1S/C30H32O13/c1-29(40)14-8-13-6-12(7-18(33)21-17(32)3-2-15(20(13)21)16(9-14)25(29)37)10-30(27(38)43-28(30)39)4-5-41-26-24(36)23(35)22(34)19(11-31)42-26/h2-3,6-8,16,19,22-26,31-32,34-37,40H,4-5,9-11H2,1H3. The van der Waals surface area contributed by atoms with Crippen LogP contribution in [0.15, 0.2) is 34.6 Å². The number of aliphatic hydroxyl groups excluding tert-OH is 5. The molecule has 8 unspecified atom stereocenters. The van der Waals surface area contributed by atoms with E-state index >= 15 is 0 Å². The Hall–Kier alpha value is -3.27. The Morgan fingerprint density at radius 2 is 1.72 bits per heavy atom. The molecule has 43 heavy (non-hydrogen) atoms. The second-order valence-electron chi connectivity index (χ2n) is 11.9. The number of esters is 2. The van der Waals surface area contributed by atoms with Crippen molar-refractivity contribution in [3.05, 3.63) is 56.8 Å². The Balaban J connectivity index is 1.35. The van der Waals surface area contributed by atoms with Crippen LogP contribution in [0.2, 0.25) is 0 Å². The molecule has 7 N–H and O–H groups in total. The van der Waals surface area contributed by atoms with Crippen molar-refractivity contribution in [1.82, 2.24) is 0 Å². The number of ether oxygens (including phenoxy) is 3. The molecule has 1 saturated carbocycles. The summed E-state index contributed by atoms with van der Waals surface area (Å²) in [7, 11) is 0. The zero-order valence-electron chi connectivity index (χ0n) is 23.0. The highest BCUT2D eigenvalue weighted by atomic mass is 16.7. The molecule has 2 aromatic rings. The highest BCUT2D eigenvalue weighted by Crippen LogP contribution is 2.51. The normalized spacial score (nSPS) is 34.4. The second kappa shape index (κ2) is 10.4. The van der Waals surface area contributed by atoms with Crippen LogP contribution in [0.5, 0.6) is 5.75 Å². The predicted molar refractivity (Wildman–Crippen MR) is 145 cm³/mol. The molecule has 2 saturated heterocycles. The lowest BCUT2D eigenvalue weighted by molar-refractivity contribution is -0.302. The molecule has 8 atom stereocenters. The van der Waals surface area contributed by atoms with E-state index in [0.29, 0.717) is 28.5 Å². The minimum Gasteiger partial charge on any atom is -0.507 e. The maximum Gasteiger partial charge on any atom is 0.331 e. The summed E-state index contributed by atoms with van der Waals surface area (Å²) >= 11 is 0. The molecule has 13 heteroatoms. The number of phenols is 1. The van der Waals surface area contributed by atoms with E-state index in [1.54, 1.807) is 18.2 Å². The van der Waals surface area contributed by atoms with Crippen molar-refractivity contribution in [2.75, 3.05) is 13.2 Å². The lowest BCUT2D eigenvalue weighted by Crippen LogP contribution is -2.59. The van der Waals surface area contributed by atoms with Gasteiger partial charge >= 0.3 is 11.9 Å². The lowest BCUT2D eigenvalue weighted by atomic mass is 9.75. The number of rotatable bonds is 7. The smallest absolute Gasteiger partial charge is 0.331 e. The average Bonchev–Trinajstić information content (AvgIpc) is 3.08. The summed E-state index contributed by atoms with van der Waals surface area (Å²) in [6, 6.07) is 5.78. The maximum absolute atomic E-state index is 13.5. The van der Waals surface area contributed by atoms with Crippen molar-refractivity contribution in [2.45, 2.75) is 74.5 Å². The first-order valence-corrected chi connectivity index (χ1v) is 13.9. The number of aromatic hydroxyl groups is 1. The van der Waals surface area contributed by atoms with Gasteiger partial charge in [0.15, 0.2) is 17.1 Å². The second-order valence-corrected chi connectivity index (χ2v) is 11.9. The van der Waals surface area contributed by atoms with Crippen molar-refractivity contribution in [1.29, 1.82) is 0 Å². The van der Waals surface area contributed by atoms with E-state index in [-0.39, 0.29) is 36.1 Å². The Bertz CT molecular complexity index is 1580. The molecule has 2 bridgehead atoms. The van der Waals surface area contributed by atoms with Crippen LogP contribution in [0.25, 0.3) is 16.8 Å². The van der Waals surface area contributed by atoms with E-state index in [4.69, 9.17) is 9.47 Å². The quantitative estimate of drug-likeness (QED) is 0.146. The monoisotopic (exact) mass is 600 g/mol. The summed E-state index contributed by atoms with van der Waals surface area (Å²) in [5.74, 6) is -2.55. The Kier molecular flexibility index (Phi) is 7.22. The van der Waals surface area contributed by atoms with Crippen LogP contribution in [-0.2, 0) is 30.2 Å². The molecule has 0 spiro atoms. The number of aliphatic hydroxyl groups is 6. The van der Waals surface area contributed by atoms with Crippen LogP contribution < -0.4 is 5.43 Å². The molecule has 0 aromatic heterocycles. The Morgan fingerprint density at radius 1 is 1.00 bits per heavy atom. The molecule has 2 aliphatic carbocycles. The SMILES string of the molecule is CC1(O)C2=Cc3cc(CC4(CCOC5OC(CO)C(O)C(O)C5O)C(=O)OC4=O)cc(=O)c4c(O)ccc(c34)C(C2)C1O. The van der Waals surface area contributed by atoms with Crippen LogP contribution >= 0.6 is 0 Å². The van der Waals surface area contributed by atoms with Crippen LogP contribution in [0.4, 0.5) is 0 Å². The van der Waals surface area contributed by atoms with Gasteiger partial charge in [-0.2, -0.15) is 0 Å². The molecular weight excluding hydrogens is 568 g/mol. The van der Waals surface area contributed by atoms with Crippen molar-refractivity contribution >= 4 is 28.8 Å². The zero-order chi connectivity index (χ0) is 31.0. The van der Waals surface area contributed by atoms with Gasteiger partial charge in [-0.1, -0.05) is 18.2 Å². The third kappa shape index (κ3) is 4.50. The van der Waals surface area contributed by atoms with Crippen LogP contribution in [0.1, 0.15) is 42.4 Å². The Labute approximate surface area is 244 Å². The summed E-state index contributed by atoms with van der Waals surface area (Å²) in [6.45, 7) is 0.489. The van der Waals surface area contributed by atoms with Gasteiger partial charge in [-0.05, 0) is 60.6 Å². The molecule has 6 rings (SSSR count). The van der Waals surface area contributed by atoms with E-state index in [9.17, 15) is 50.1 Å². The maximum atomic E-state index is 13.5. The van der Waals surface area contributed by atoms with E-state index in [2.05, 4.69) is 4.74 Å². The molecule has 2 aromatic carbocycles. The van der Waals surface area contributed by atoms with E-state index in [0.717, 1.165) is 0 Å². The van der Waals surface area contributed by atoms with Crippen LogP contribution in [-0.4, -0.2) is 103 Å². The molecule has 3 fully saturated rings. The minimum atomic E-state index is -1.77. The van der Waals surface area contributed by atoms with Gasteiger partial charge in [-0.15, -0.1) is 0 Å². The third-order valence-corrected chi connectivity index (χ3v) is 9.32. The lowest BCUT2D eigenvalue weighted by Gasteiger charge is -2.40. The zero-order valence-corrected chi connectivity index (χ0v) is 23.0. The van der Waals surface area contributed by atoms with Crippen molar-refractivity contribution < 1.29 is 59.5 Å². The van der Waals surface area contributed by atoms with Gasteiger partial charge in [-0.25, -0.2) is 0 Å². The summed E-state index contributed by atoms with van der Waals surface area (Å²) < 4.78 is 15.5.